The average molecular weight is 323 g/mol. The van der Waals surface area contributed by atoms with Gasteiger partial charge >= 0.3 is 5.97 Å². The van der Waals surface area contributed by atoms with Crippen molar-refractivity contribution in [1.29, 1.82) is 0 Å². The summed E-state index contributed by atoms with van der Waals surface area (Å²) in [5, 5.41) is 3.41. The number of ether oxygens (including phenoxy) is 1. The lowest BCUT2D eigenvalue weighted by Crippen LogP contribution is -2.44. The minimum Gasteiger partial charge on any atom is -0.468 e. The van der Waals surface area contributed by atoms with Gasteiger partial charge in [0.1, 0.15) is 6.04 Å². The molecule has 0 aliphatic heterocycles. The fourth-order valence-corrected chi connectivity index (χ4v) is 2.56. The number of hydrogen-bond donors (Lipinski definition) is 1. The van der Waals surface area contributed by atoms with Crippen molar-refractivity contribution in [2.75, 3.05) is 7.11 Å². The molecule has 2 aromatic carbocycles. The maximum Gasteiger partial charge on any atom is 0.323 e. The minimum absolute atomic E-state index is 0.109. The normalized spacial score (nSPS) is 13.6. The van der Waals surface area contributed by atoms with E-state index < -0.39 is 0 Å². The SMILES string of the molecule is CC[C@H](/C=C/c1ccccc1)N[C@@H](Cc1ccccc1)C(=O)OC. The van der Waals surface area contributed by atoms with Crippen LogP contribution in [-0.2, 0) is 16.0 Å². The number of rotatable bonds is 8. The first-order valence-electron chi connectivity index (χ1n) is 8.34. The number of carbonyl (C=O) groups is 1. The van der Waals surface area contributed by atoms with Crippen LogP contribution in [0.4, 0.5) is 0 Å². The number of methoxy groups -OCH3 is 1. The van der Waals surface area contributed by atoms with Gasteiger partial charge < -0.3 is 4.74 Å². The molecule has 0 radical (unpaired) electrons. The van der Waals surface area contributed by atoms with E-state index in [-0.39, 0.29) is 18.1 Å². The van der Waals surface area contributed by atoms with Crippen LogP contribution in [0.25, 0.3) is 6.08 Å². The lowest BCUT2D eigenvalue weighted by Gasteiger charge is -2.21. The molecule has 0 aliphatic rings. The second kappa shape index (κ2) is 9.68. The van der Waals surface area contributed by atoms with Crippen molar-refractivity contribution in [3.63, 3.8) is 0 Å². The van der Waals surface area contributed by atoms with E-state index in [4.69, 9.17) is 4.74 Å². The van der Waals surface area contributed by atoms with Gasteiger partial charge in [0.2, 0.25) is 0 Å². The summed E-state index contributed by atoms with van der Waals surface area (Å²) in [6.45, 7) is 2.10. The molecule has 2 atom stereocenters. The third-order valence-electron chi connectivity index (χ3n) is 3.94. The van der Waals surface area contributed by atoms with E-state index in [1.165, 1.54) is 7.11 Å². The molecule has 2 rings (SSSR count). The Morgan fingerprint density at radius 2 is 1.71 bits per heavy atom. The molecule has 0 heterocycles. The van der Waals surface area contributed by atoms with Crippen LogP contribution in [0.3, 0.4) is 0 Å². The number of benzene rings is 2. The van der Waals surface area contributed by atoms with Crippen LogP contribution in [0, 0.1) is 0 Å². The molecule has 0 amide bonds. The quantitative estimate of drug-likeness (QED) is 0.750. The van der Waals surface area contributed by atoms with Crippen LogP contribution < -0.4 is 5.32 Å². The monoisotopic (exact) mass is 323 g/mol. The third kappa shape index (κ3) is 5.67. The largest absolute Gasteiger partial charge is 0.468 e. The Hall–Kier alpha value is -2.39. The van der Waals surface area contributed by atoms with Gasteiger partial charge in [-0.1, -0.05) is 79.7 Å². The summed E-state index contributed by atoms with van der Waals surface area (Å²) in [6, 6.07) is 19.9. The van der Waals surface area contributed by atoms with Crippen LogP contribution >= 0.6 is 0 Å². The highest BCUT2D eigenvalue weighted by Gasteiger charge is 2.21. The molecule has 0 unspecified atom stereocenters. The Morgan fingerprint density at radius 3 is 2.29 bits per heavy atom. The van der Waals surface area contributed by atoms with Crippen LogP contribution in [0.5, 0.6) is 0 Å². The Bertz CT molecular complexity index is 637. The predicted molar refractivity (Wildman–Crippen MR) is 98.6 cm³/mol. The van der Waals surface area contributed by atoms with E-state index in [9.17, 15) is 4.79 Å². The van der Waals surface area contributed by atoms with Crippen molar-refractivity contribution in [1.82, 2.24) is 5.32 Å². The lowest BCUT2D eigenvalue weighted by molar-refractivity contribution is -0.143. The van der Waals surface area contributed by atoms with Gasteiger partial charge in [0.05, 0.1) is 7.11 Å². The molecule has 1 N–H and O–H groups in total. The Labute approximate surface area is 144 Å². The Kier molecular flexibility index (Phi) is 7.24. The fraction of sp³-hybridized carbons (Fsp3) is 0.286. The third-order valence-corrected chi connectivity index (χ3v) is 3.94. The van der Waals surface area contributed by atoms with Crippen molar-refractivity contribution in [3.8, 4) is 0 Å². The molecule has 0 aromatic heterocycles. The summed E-state index contributed by atoms with van der Waals surface area (Å²) in [5.74, 6) is -0.231. The van der Waals surface area contributed by atoms with E-state index >= 15 is 0 Å². The van der Waals surface area contributed by atoms with E-state index in [1.54, 1.807) is 0 Å². The summed E-state index contributed by atoms with van der Waals surface area (Å²) in [7, 11) is 1.43. The summed E-state index contributed by atoms with van der Waals surface area (Å²) in [6.07, 6.45) is 5.70. The zero-order chi connectivity index (χ0) is 17.2. The highest BCUT2D eigenvalue weighted by molar-refractivity contribution is 5.76. The van der Waals surface area contributed by atoms with Gasteiger partial charge in [-0.3, -0.25) is 10.1 Å². The summed E-state index contributed by atoms with van der Waals surface area (Å²) >= 11 is 0. The standard InChI is InChI=1S/C21H25NO2/c1-3-19(15-14-17-10-6-4-7-11-17)22-20(21(23)24-2)16-18-12-8-5-9-13-18/h4-15,19-20,22H,3,16H2,1-2H3/b15-14+/t19-,20+/m1/s1. The molecule has 0 spiro atoms. The van der Waals surface area contributed by atoms with Crippen molar-refractivity contribution in [2.45, 2.75) is 31.8 Å². The highest BCUT2D eigenvalue weighted by atomic mass is 16.5. The van der Waals surface area contributed by atoms with Crippen molar-refractivity contribution in [2.24, 2.45) is 0 Å². The molecule has 2 aromatic rings. The van der Waals surface area contributed by atoms with Crippen LogP contribution in [-0.4, -0.2) is 25.2 Å². The molecule has 0 bridgehead atoms. The molecule has 24 heavy (non-hydrogen) atoms. The minimum atomic E-state index is -0.359. The molecule has 0 saturated carbocycles. The summed E-state index contributed by atoms with van der Waals surface area (Å²) < 4.78 is 4.97. The van der Waals surface area contributed by atoms with Crippen molar-refractivity contribution in [3.05, 3.63) is 77.9 Å². The summed E-state index contributed by atoms with van der Waals surface area (Å²) in [5.41, 5.74) is 2.26. The topological polar surface area (TPSA) is 38.3 Å². The highest BCUT2D eigenvalue weighted by Crippen LogP contribution is 2.08. The smallest absolute Gasteiger partial charge is 0.323 e. The second-order valence-corrected chi connectivity index (χ2v) is 5.72. The number of carbonyl (C=O) groups excluding carboxylic acids is 1. The molecule has 0 saturated heterocycles. The molecule has 3 heteroatoms. The molecule has 3 nitrogen and oxygen atoms in total. The molecule has 0 fully saturated rings. The average Bonchev–Trinajstić information content (AvgIpc) is 2.65. The first kappa shape index (κ1) is 18.0. The molecular formula is C21H25NO2. The first-order valence-corrected chi connectivity index (χ1v) is 8.34. The van der Waals surface area contributed by atoms with Gasteiger partial charge in [0.15, 0.2) is 0 Å². The van der Waals surface area contributed by atoms with Crippen LogP contribution in [0.2, 0.25) is 0 Å². The molecule has 0 aliphatic carbocycles. The van der Waals surface area contributed by atoms with E-state index in [2.05, 4.69) is 36.5 Å². The Balaban J connectivity index is 2.05. The van der Waals surface area contributed by atoms with Crippen molar-refractivity contribution >= 4 is 12.0 Å². The second-order valence-electron chi connectivity index (χ2n) is 5.72. The van der Waals surface area contributed by atoms with Gasteiger partial charge in [0, 0.05) is 6.04 Å². The lowest BCUT2D eigenvalue weighted by atomic mass is 10.0. The first-order chi connectivity index (χ1) is 11.7. The number of esters is 1. The van der Waals surface area contributed by atoms with Crippen LogP contribution in [0.15, 0.2) is 66.7 Å². The van der Waals surface area contributed by atoms with E-state index in [0.717, 1.165) is 17.5 Å². The van der Waals surface area contributed by atoms with Gasteiger partial charge in [-0.15, -0.1) is 0 Å². The zero-order valence-corrected chi connectivity index (χ0v) is 14.3. The zero-order valence-electron chi connectivity index (χ0n) is 14.3. The van der Waals surface area contributed by atoms with E-state index in [0.29, 0.717) is 6.42 Å². The maximum atomic E-state index is 12.1. The molecular weight excluding hydrogens is 298 g/mol. The van der Waals surface area contributed by atoms with E-state index in [1.807, 2.05) is 48.5 Å². The predicted octanol–water partition coefficient (Wildman–Crippen LogP) is 3.85. The van der Waals surface area contributed by atoms with Gasteiger partial charge in [-0.25, -0.2) is 0 Å². The van der Waals surface area contributed by atoms with Gasteiger partial charge in [0.25, 0.3) is 0 Å². The summed E-state index contributed by atoms with van der Waals surface area (Å²) in [4.78, 5) is 12.1. The Morgan fingerprint density at radius 1 is 1.08 bits per heavy atom. The maximum absolute atomic E-state index is 12.1. The fourth-order valence-electron chi connectivity index (χ4n) is 2.56. The van der Waals surface area contributed by atoms with Crippen molar-refractivity contribution < 1.29 is 9.53 Å². The number of hydrogen-bond acceptors (Lipinski definition) is 3. The number of nitrogens with one attached hydrogen (secondary N) is 1. The van der Waals surface area contributed by atoms with Gasteiger partial charge in [-0.2, -0.15) is 0 Å². The van der Waals surface area contributed by atoms with Gasteiger partial charge in [-0.05, 0) is 24.0 Å². The molecule has 126 valence electrons. The van der Waals surface area contributed by atoms with Crippen LogP contribution in [0.1, 0.15) is 24.5 Å².